The van der Waals surface area contributed by atoms with Gasteiger partial charge in [-0.2, -0.15) is 5.26 Å². The third kappa shape index (κ3) is 2.70. The lowest BCUT2D eigenvalue weighted by Gasteiger charge is -2.22. The van der Waals surface area contributed by atoms with E-state index in [1.807, 2.05) is 54.6 Å². The molecule has 0 fully saturated rings. The standard InChI is InChI=1S/C20H15N3O3/c21-11-6-12-23(14-7-2-1-3-8-14)20(24)18-16-13-25-17-10-5-4-9-15(17)19(16)26-22-18/h1-5,7-10H,6,12-13H2. The van der Waals surface area contributed by atoms with Gasteiger partial charge in [-0.3, -0.25) is 4.79 Å². The highest BCUT2D eigenvalue weighted by Crippen LogP contribution is 2.39. The molecule has 3 aromatic rings. The maximum absolute atomic E-state index is 13.1. The number of anilines is 1. The van der Waals surface area contributed by atoms with Crippen molar-refractivity contribution in [2.45, 2.75) is 13.0 Å². The van der Waals surface area contributed by atoms with E-state index in [-0.39, 0.29) is 31.2 Å². The molecular formula is C20H15N3O3. The third-order valence-corrected chi connectivity index (χ3v) is 4.25. The van der Waals surface area contributed by atoms with Crippen LogP contribution >= 0.6 is 0 Å². The van der Waals surface area contributed by atoms with E-state index in [0.29, 0.717) is 22.8 Å². The third-order valence-electron chi connectivity index (χ3n) is 4.25. The van der Waals surface area contributed by atoms with Gasteiger partial charge < -0.3 is 14.2 Å². The Kier molecular flexibility index (Phi) is 4.12. The molecule has 4 rings (SSSR count). The van der Waals surface area contributed by atoms with Crippen LogP contribution in [-0.2, 0) is 6.61 Å². The highest BCUT2D eigenvalue weighted by molar-refractivity contribution is 6.06. The Balaban J connectivity index is 1.73. The highest BCUT2D eigenvalue weighted by Gasteiger charge is 2.31. The number of carbonyl (C=O) groups excluding carboxylic acids is 1. The van der Waals surface area contributed by atoms with E-state index < -0.39 is 0 Å². The monoisotopic (exact) mass is 345 g/mol. The summed E-state index contributed by atoms with van der Waals surface area (Å²) in [4.78, 5) is 14.7. The van der Waals surface area contributed by atoms with Crippen molar-refractivity contribution in [1.82, 2.24) is 5.16 Å². The quantitative estimate of drug-likeness (QED) is 0.719. The number of amides is 1. The van der Waals surface area contributed by atoms with Crippen LogP contribution < -0.4 is 9.64 Å². The molecule has 1 amide bonds. The minimum absolute atomic E-state index is 0.219. The molecule has 2 aromatic carbocycles. The van der Waals surface area contributed by atoms with Gasteiger partial charge in [0, 0.05) is 12.2 Å². The zero-order chi connectivity index (χ0) is 17.9. The molecule has 0 unspecified atom stereocenters. The number of benzene rings is 2. The summed E-state index contributed by atoms with van der Waals surface area (Å²) in [5.41, 5.74) is 2.34. The SMILES string of the molecule is N#CCCN(C(=O)c1noc2c1COc1ccccc1-2)c1ccccc1. The molecule has 0 saturated heterocycles. The molecule has 0 bridgehead atoms. The van der Waals surface area contributed by atoms with Crippen molar-refractivity contribution in [1.29, 1.82) is 5.26 Å². The first-order valence-electron chi connectivity index (χ1n) is 8.24. The van der Waals surface area contributed by atoms with Gasteiger partial charge in [-0.1, -0.05) is 35.5 Å². The summed E-state index contributed by atoms with van der Waals surface area (Å²) in [5, 5.41) is 13.0. The first-order valence-corrected chi connectivity index (χ1v) is 8.24. The molecule has 6 heteroatoms. The van der Waals surface area contributed by atoms with E-state index in [1.54, 1.807) is 4.90 Å². The van der Waals surface area contributed by atoms with Crippen LogP contribution in [0.25, 0.3) is 11.3 Å². The molecule has 0 aliphatic carbocycles. The van der Waals surface area contributed by atoms with Gasteiger partial charge in [-0.05, 0) is 24.3 Å². The van der Waals surface area contributed by atoms with Crippen molar-refractivity contribution in [2.75, 3.05) is 11.4 Å². The first-order chi connectivity index (χ1) is 12.8. The Morgan fingerprint density at radius 3 is 2.73 bits per heavy atom. The second-order valence-corrected chi connectivity index (χ2v) is 5.82. The molecule has 128 valence electrons. The second-order valence-electron chi connectivity index (χ2n) is 5.82. The molecule has 2 heterocycles. The molecular weight excluding hydrogens is 330 g/mol. The molecule has 1 aromatic heterocycles. The largest absolute Gasteiger partial charge is 0.488 e. The van der Waals surface area contributed by atoms with Crippen LogP contribution in [0.1, 0.15) is 22.5 Å². The number of hydrogen-bond donors (Lipinski definition) is 0. The Hall–Kier alpha value is -3.59. The number of fused-ring (bicyclic) bond motifs is 3. The van der Waals surface area contributed by atoms with E-state index in [4.69, 9.17) is 14.5 Å². The lowest BCUT2D eigenvalue weighted by atomic mass is 10.0. The average Bonchev–Trinajstić information content (AvgIpc) is 3.13. The molecule has 1 aliphatic rings. The van der Waals surface area contributed by atoms with Gasteiger partial charge in [0.2, 0.25) is 0 Å². The molecule has 0 atom stereocenters. The van der Waals surface area contributed by atoms with Crippen molar-refractivity contribution < 1.29 is 14.1 Å². The summed E-state index contributed by atoms with van der Waals surface area (Å²) < 4.78 is 11.2. The maximum Gasteiger partial charge on any atom is 0.280 e. The summed E-state index contributed by atoms with van der Waals surface area (Å²) in [6, 6.07) is 18.8. The minimum Gasteiger partial charge on any atom is -0.488 e. The van der Waals surface area contributed by atoms with E-state index >= 15 is 0 Å². The second kappa shape index (κ2) is 6.73. The van der Waals surface area contributed by atoms with Gasteiger partial charge >= 0.3 is 0 Å². The van der Waals surface area contributed by atoms with Gasteiger partial charge in [0.25, 0.3) is 5.91 Å². The number of para-hydroxylation sites is 2. The summed E-state index contributed by atoms with van der Waals surface area (Å²) >= 11 is 0. The molecule has 26 heavy (non-hydrogen) atoms. The minimum atomic E-state index is -0.306. The lowest BCUT2D eigenvalue weighted by molar-refractivity contribution is 0.0977. The van der Waals surface area contributed by atoms with Crippen molar-refractivity contribution in [2.24, 2.45) is 0 Å². The Bertz CT molecular complexity index is 989. The van der Waals surface area contributed by atoms with Crippen LogP contribution in [0.2, 0.25) is 0 Å². The summed E-state index contributed by atoms with van der Waals surface area (Å²) in [7, 11) is 0. The fourth-order valence-electron chi connectivity index (χ4n) is 3.00. The van der Waals surface area contributed by atoms with Crippen LogP contribution in [0.15, 0.2) is 59.1 Å². The smallest absolute Gasteiger partial charge is 0.280 e. The van der Waals surface area contributed by atoms with Gasteiger partial charge in [-0.15, -0.1) is 0 Å². The number of nitrogens with zero attached hydrogens (tertiary/aromatic N) is 3. The molecule has 1 aliphatic heterocycles. The number of hydrogen-bond acceptors (Lipinski definition) is 5. The molecule has 0 spiro atoms. The summed E-state index contributed by atoms with van der Waals surface area (Å²) in [5.74, 6) is 0.961. The summed E-state index contributed by atoms with van der Waals surface area (Å²) in [6.45, 7) is 0.496. The zero-order valence-corrected chi connectivity index (χ0v) is 13.9. The van der Waals surface area contributed by atoms with Crippen molar-refractivity contribution in [3.8, 4) is 23.1 Å². The van der Waals surface area contributed by atoms with Crippen LogP contribution in [0, 0.1) is 11.3 Å². The summed E-state index contributed by atoms with van der Waals surface area (Å²) in [6.07, 6.45) is 0.222. The molecule has 0 saturated carbocycles. The Labute approximate surface area is 150 Å². The molecule has 0 radical (unpaired) electrons. The molecule has 6 nitrogen and oxygen atoms in total. The zero-order valence-electron chi connectivity index (χ0n) is 13.9. The van der Waals surface area contributed by atoms with E-state index in [0.717, 1.165) is 5.56 Å². The van der Waals surface area contributed by atoms with Crippen LogP contribution in [0.5, 0.6) is 5.75 Å². The average molecular weight is 345 g/mol. The lowest BCUT2D eigenvalue weighted by Crippen LogP contribution is -2.33. The van der Waals surface area contributed by atoms with E-state index in [1.165, 1.54) is 0 Å². The van der Waals surface area contributed by atoms with Gasteiger partial charge in [0.05, 0.1) is 23.6 Å². The van der Waals surface area contributed by atoms with Gasteiger partial charge in [0.1, 0.15) is 12.4 Å². The first kappa shape index (κ1) is 15.9. The van der Waals surface area contributed by atoms with Crippen molar-refractivity contribution in [3.05, 3.63) is 65.9 Å². The molecule has 0 N–H and O–H groups in total. The fourth-order valence-corrected chi connectivity index (χ4v) is 3.00. The van der Waals surface area contributed by atoms with Crippen molar-refractivity contribution >= 4 is 11.6 Å². The Morgan fingerprint density at radius 2 is 1.92 bits per heavy atom. The van der Waals surface area contributed by atoms with Gasteiger partial charge in [-0.25, -0.2) is 0 Å². The highest BCUT2D eigenvalue weighted by atomic mass is 16.5. The number of ether oxygens (including phenoxy) is 1. The number of aromatic nitrogens is 1. The topological polar surface area (TPSA) is 79.4 Å². The van der Waals surface area contributed by atoms with Crippen LogP contribution in [-0.4, -0.2) is 17.6 Å². The maximum atomic E-state index is 13.1. The number of nitriles is 1. The number of carbonyl (C=O) groups is 1. The van der Waals surface area contributed by atoms with E-state index in [2.05, 4.69) is 11.2 Å². The Morgan fingerprint density at radius 1 is 1.15 bits per heavy atom. The predicted octanol–water partition coefficient (Wildman–Crippen LogP) is 3.79. The van der Waals surface area contributed by atoms with Crippen molar-refractivity contribution in [3.63, 3.8) is 0 Å². The normalized spacial score (nSPS) is 11.7. The predicted molar refractivity (Wildman–Crippen MR) is 94.6 cm³/mol. The van der Waals surface area contributed by atoms with Crippen LogP contribution in [0.4, 0.5) is 5.69 Å². The van der Waals surface area contributed by atoms with Gasteiger partial charge in [0.15, 0.2) is 11.5 Å². The number of rotatable bonds is 4. The van der Waals surface area contributed by atoms with Crippen LogP contribution in [0.3, 0.4) is 0 Å². The van der Waals surface area contributed by atoms with E-state index in [9.17, 15) is 4.79 Å². The fraction of sp³-hybridized carbons (Fsp3) is 0.150.